The molecule has 0 aromatic heterocycles. The molecule has 0 radical (unpaired) electrons. The number of carboxylic acid groups (broad SMARTS) is 2. The minimum absolute atomic E-state index is 0.139. The zero-order valence-corrected chi connectivity index (χ0v) is 11.3. The van der Waals surface area contributed by atoms with Crippen molar-refractivity contribution in [1.29, 1.82) is 0 Å². The van der Waals surface area contributed by atoms with Crippen molar-refractivity contribution in [2.45, 2.75) is 19.3 Å². The van der Waals surface area contributed by atoms with E-state index in [1.807, 2.05) is 6.07 Å². The van der Waals surface area contributed by atoms with E-state index in [4.69, 9.17) is 0 Å². The highest BCUT2D eigenvalue weighted by Crippen LogP contribution is 2.37. The maximum atomic E-state index is 11.5. The highest BCUT2D eigenvalue weighted by Gasteiger charge is 2.24. The zero-order valence-electron chi connectivity index (χ0n) is 11.3. The Kier molecular flexibility index (Phi) is 3.22. The second kappa shape index (κ2) is 5.05. The van der Waals surface area contributed by atoms with Crippen molar-refractivity contribution in [3.05, 3.63) is 58.7 Å². The summed E-state index contributed by atoms with van der Waals surface area (Å²) in [6.45, 7) is 0. The van der Waals surface area contributed by atoms with Crippen molar-refractivity contribution >= 4 is 11.9 Å². The van der Waals surface area contributed by atoms with Crippen molar-refractivity contribution in [2.75, 3.05) is 0 Å². The number of hydrogen-bond donors (Lipinski definition) is 2. The van der Waals surface area contributed by atoms with Gasteiger partial charge in [0.15, 0.2) is 0 Å². The fourth-order valence-electron chi connectivity index (χ4n) is 3.04. The summed E-state index contributed by atoms with van der Waals surface area (Å²) in [7, 11) is 0. The topological polar surface area (TPSA) is 74.6 Å². The molecular formula is C17H14O4. The second-order valence-electron chi connectivity index (χ2n) is 5.14. The minimum atomic E-state index is -1.04. The maximum Gasteiger partial charge on any atom is 0.336 e. The molecule has 0 fully saturated rings. The number of benzene rings is 2. The molecule has 0 saturated heterocycles. The Morgan fingerprint density at radius 1 is 0.857 bits per heavy atom. The third kappa shape index (κ3) is 2.18. The average Bonchev–Trinajstić information content (AvgIpc) is 2.94. The van der Waals surface area contributed by atoms with Crippen LogP contribution in [0.1, 0.15) is 38.3 Å². The van der Waals surface area contributed by atoms with Crippen LogP contribution in [0.25, 0.3) is 11.1 Å². The van der Waals surface area contributed by atoms with Crippen LogP contribution in [0.4, 0.5) is 0 Å². The molecule has 21 heavy (non-hydrogen) atoms. The molecule has 0 amide bonds. The van der Waals surface area contributed by atoms with Crippen molar-refractivity contribution < 1.29 is 19.8 Å². The Labute approximate surface area is 121 Å². The summed E-state index contributed by atoms with van der Waals surface area (Å²) in [5, 5.41) is 18.8. The molecule has 106 valence electrons. The largest absolute Gasteiger partial charge is 0.478 e. The van der Waals surface area contributed by atoms with Crippen molar-refractivity contribution in [2.24, 2.45) is 0 Å². The van der Waals surface area contributed by atoms with E-state index in [1.165, 1.54) is 6.07 Å². The average molecular weight is 282 g/mol. The highest BCUT2D eigenvalue weighted by atomic mass is 16.4. The van der Waals surface area contributed by atoms with Gasteiger partial charge in [0.1, 0.15) is 0 Å². The van der Waals surface area contributed by atoms with Gasteiger partial charge >= 0.3 is 11.9 Å². The standard InChI is InChI=1S/C17H14O4/c18-16(19)13-6-2-1-5-12(13)15-11-7-3-4-10(11)8-9-14(15)17(20)21/h1-2,5-6,8-9H,3-4,7H2,(H,18,19)(H,20,21). The molecule has 2 aromatic rings. The molecule has 4 heteroatoms. The Bertz CT molecular complexity index is 746. The lowest BCUT2D eigenvalue weighted by molar-refractivity contribution is 0.0684. The summed E-state index contributed by atoms with van der Waals surface area (Å²) < 4.78 is 0. The molecular weight excluding hydrogens is 268 g/mol. The van der Waals surface area contributed by atoms with Gasteiger partial charge in [0, 0.05) is 5.56 Å². The summed E-state index contributed by atoms with van der Waals surface area (Å²) in [4.78, 5) is 23.0. The van der Waals surface area contributed by atoms with Gasteiger partial charge in [0.2, 0.25) is 0 Å². The molecule has 0 aliphatic heterocycles. The van der Waals surface area contributed by atoms with E-state index < -0.39 is 11.9 Å². The van der Waals surface area contributed by atoms with E-state index in [1.54, 1.807) is 24.3 Å². The van der Waals surface area contributed by atoms with E-state index in [0.717, 1.165) is 30.4 Å². The summed E-state index contributed by atoms with van der Waals surface area (Å²) in [5.41, 5.74) is 3.46. The Morgan fingerprint density at radius 3 is 2.29 bits per heavy atom. The molecule has 0 saturated carbocycles. The lowest BCUT2D eigenvalue weighted by Crippen LogP contribution is -2.06. The van der Waals surface area contributed by atoms with Crippen LogP contribution < -0.4 is 0 Å². The van der Waals surface area contributed by atoms with Crippen LogP contribution in [0.15, 0.2) is 36.4 Å². The van der Waals surface area contributed by atoms with Gasteiger partial charge in [-0.2, -0.15) is 0 Å². The summed E-state index contributed by atoms with van der Waals surface area (Å²) in [6, 6.07) is 10.0. The van der Waals surface area contributed by atoms with Crippen LogP contribution in [-0.2, 0) is 12.8 Å². The highest BCUT2D eigenvalue weighted by molar-refractivity contribution is 6.03. The molecule has 0 spiro atoms. The number of fused-ring (bicyclic) bond motifs is 1. The molecule has 0 bridgehead atoms. The first kappa shape index (κ1) is 13.4. The van der Waals surface area contributed by atoms with Crippen molar-refractivity contribution in [3.8, 4) is 11.1 Å². The van der Waals surface area contributed by atoms with Crippen LogP contribution in [-0.4, -0.2) is 22.2 Å². The molecule has 2 N–H and O–H groups in total. The first-order valence-corrected chi connectivity index (χ1v) is 6.80. The number of aromatic carboxylic acids is 2. The van der Waals surface area contributed by atoms with Crippen molar-refractivity contribution in [1.82, 2.24) is 0 Å². The molecule has 1 aliphatic rings. The fourth-order valence-corrected chi connectivity index (χ4v) is 3.04. The van der Waals surface area contributed by atoms with Gasteiger partial charge < -0.3 is 10.2 Å². The van der Waals surface area contributed by atoms with Crippen LogP contribution in [0.2, 0.25) is 0 Å². The van der Waals surface area contributed by atoms with Crippen LogP contribution in [0, 0.1) is 0 Å². The van der Waals surface area contributed by atoms with Gasteiger partial charge in [-0.15, -0.1) is 0 Å². The molecule has 1 aliphatic carbocycles. The Balaban J connectivity index is 2.35. The molecule has 2 aromatic carbocycles. The molecule has 0 unspecified atom stereocenters. The fraction of sp³-hybridized carbons (Fsp3) is 0.176. The van der Waals surface area contributed by atoms with Crippen LogP contribution in [0.3, 0.4) is 0 Å². The Morgan fingerprint density at radius 2 is 1.57 bits per heavy atom. The number of aryl methyl sites for hydroxylation is 1. The lowest BCUT2D eigenvalue weighted by Gasteiger charge is -2.14. The van der Waals surface area contributed by atoms with Gasteiger partial charge in [-0.05, 0) is 48.1 Å². The zero-order chi connectivity index (χ0) is 15.0. The second-order valence-corrected chi connectivity index (χ2v) is 5.14. The quantitative estimate of drug-likeness (QED) is 0.906. The van der Waals surface area contributed by atoms with E-state index in [9.17, 15) is 19.8 Å². The summed E-state index contributed by atoms with van der Waals surface area (Å²) in [5.74, 6) is -2.07. The summed E-state index contributed by atoms with van der Waals surface area (Å²) >= 11 is 0. The van der Waals surface area contributed by atoms with Crippen LogP contribution in [0.5, 0.6) is 0 Å². The molecule has 4 nitrogen and oxygen atoms in total. The van der Waals surface area contributed by atoms with Crippen molar-refractivity contribution in [3.63, 3.8) is 0 Å². The predicted molar refractivity (Wildman–Crippen MR) is 77.8 cm³/mol. The van der Waals surface area contributed by atoms with Gasteiger partial charge in [0.05, 0.1) is 11.1 Å². The molecule has 0 heterocycles. The monoisotopic (exact) mass is 282 g/mol. The van der Waals surface area contributed by atoms with Gasteiger partial charge in [-0.3, -0.25) is 0 Å². The first-order chi connectivity index (χ1) is 10.1. The van der Waals surface area contributed by atoms with Gasteiger partial charge in [-0.1, -0.05) is 24.3 Å². The van der Waals surface area contributed by atoms with Gasteiger partial charge in [0.25, 0.3) is 0 Å². The Hall–Kier alpha value is -2.62. The molecule has 0 atom stereocenters. The summed E-state index contributed by atoms with van der Waals surface area (Å²) in [6.07, 6.45) is 2.68. The maximum absolute atomic E-state index is 11.5. The smallest absolute Gasteiger partial charge is 0.336 e. The third-order valence-corrected chi connectivity index (χ3v) is 3.94. The van der Waals surface area contributed by atoms with Gasteiger partial charge in [-0.25, -0.2) is 9.59 Å². The number of carbonyl (C=O) groups is 2. The number of hydrogen-bond acceptors (Lipinski definition) is 2. The van der Waals surface area contributed by atoms with E-state index in [-0.39, 0.29) is 11.1 Å². The predicted octanol–water partition coefficient (Wildman–Crippen LogP) is 3.24. The van der Waals surface area contributed by atoms with Crippen LogP contribution >= 0.6 is 0 Å². The lowest BCUT2D eigenvalue weighted by atomic mass is 9.89. The van der Waals surface area contributed by atoms with E-state index >= 15 is 0 Å². The molecule has 3 rings (SSSR count). The SMILES string of the molecule is O=C(O)c1ccccc1-c1c(C(=O)O)ccc2c1CCC2. The minimum Gasteiger partial charge on any atom is -0.478 e. The first-order valence-electron chi connectivity index (χ1n) is 6.80. The number of rotatable bonds is 3. The normalized spacial score (nSPS) is 13.0. The number of carboxylic acids is 2. The third-order valence-electron chi connectivity index (χ3n) is 3.94. The van der Waals surface area contributed by atoms with E-state index in [2.05, 4.69) is 0 Å². The van der Waals surface area contributed by atoms with E-state index in [0.29, 0.717) is 11.1 Å².